The number of aromatic hydroxyl groups is 3. The molecule has 10 heteroatoms. The minimum Gasteiger partial charge on any atom is -0.508 e. The number of pyridine rings is 2. The molecule has 0 amide bonds. The predicted octanol–water partition coefficient (Wildman–Crippen LogP) is 4.81. The second kappa shape index (κ2) is 11.3. The van der Waals surface area contributed by atoms with Gasteiger partial charge in [0, 0.05) is 47.9 Å². The second-order valence-corrected chi connectivity index (χ2v) is 7.12. The number of benzene rings is 2. The van der Waals surface area contributed by atoms with Crippen molar-refractivity contribution < 1.29 is 28.9 Å². The van der Waals surface area contributed by atoms with Gasteiger partial charge in [-0.15, -0.1) is 0 Å². The Kier molecular flexibility index (Phi) is 8.02. The fourth-order valence-electron chi connectivity index (χ4n) is 2.75. The highest BCUT2D eigenvalue weighted by molar-refractivity contribution is 5.77. The van der Waals surface area contributed by atoms with Crippen LogP contribution in [-0.4, -0.2) is 37.4 Å². The first-order valence-electron chi connectivity index (χ1n) is 10.2. The van der Waals surface area contributed by atoms with Crippen LogP contribution in [0, 0.1) is 12.9 Å². The molecule has 0 aliphatic rings. The van der Waals surface area contributed by atoms with E-state index in [-0.39, 0.29) is 22.9 Å². The van der Waals surface area contributed by atoms with E-state index in [2.05, 4.69) is 15.0 Å². The van der Waals surface area contributed by atoms with Crippen molar-refractivity contribution in [2.24, 2.45) is 0 Å². The van der Waals surface area contributed by atoms with E-state index in [0.717, 1.165) is 11.4 Å². The Labute approximate surface area is 199 Å². The molecule has 2 aromatic carbocycles. The summed E-state index contributed by atoms with van der Waals surface area (Å²) in [5.74, 6) is 0.597. The minimum atomic E-state index is -0.590. The van der Waals surface area contributed by atoms with E-state index in [1.807, 2.05) is 19.1 Å². The summed E-state index contributed by atoms with van der Waals surface area (Å²) in [6.07, 6.45) is 3.07. The second-order valence-electron chi connectivity index (χ2n) is 7.12. The average Bonchev–Trinajstić information content (AvgIpc) is 3.26. The van der Waals surface area contributed by atoms with Gasteiger partial charge in [0.05, 0.1) is 12.8 Å². The zero-order valence-corrected chi connectivity index (χ0v) is 18.9. The van der Waals surface area contributed by atoms with E-state index in [0.29, 0.717) is 22.6 Å². The third-order valence-corrected chi connectivity index (χ3v) is 4.46. The Morgan fingerprint density at radius 1 is 0.886 bits per heavy atom. The van der Waals surface area contributed by atoms with E-state index in [1.165, 1.54) is 42.6 Å². The molecule has 0 aliphatic heterocycles. The molecule has 180 valence electrons. The lowest BCUT2D eigenvalue weighted by Gasteiger charge is -1.97. The van der Waals surface area contributed by atoms with E-state index < -0.39 is 5.95 Å². The lowest BCUT2D eigenvalue weighted by Crippen LogP contribution is -1.84. The summed E-state index contributed by atoms with van der Waals surface area (Å²) in [7, 11) is 1.65. The number of ether oxygens (including phenoxy) is 1. The van der Waals surface area contributed by atoms with Gasteiger partial charge < -0.3 is 30.2 Å². The molecule has 5 aromatic rings. The van der Waals surface area contributed by atoms with Crippen LogP contribution in [0.3, 0.4) is 0 Å². The number of anilines is 1. The van der Waals surface area contributed by atoms with Gasteiger partial charge in [-0.25, -0.2) is 9.97 Å². The maximum atomic E-state index is 13.0. The van der Waals surface area contributed by atoms with Gasteiger partial charge in [-0.2, -0.15) is 4.39 Å². The number of phenolic OH excluding ortho intramolecular Hbond substituents is 3. The number of nitrogens with zero attached hydrogens (tertiary/aromatic N) is 3. The van der Waals surface area contributed by atoms with Crippen LogP contribution in [0.1, 0.15) is 5.69 Å². The van der Waals surface area contributed by atoms with Crippen molar-refractivity contribution in [2.45, 2.75) is 6.92 Å². The van der Waals surface area contributed by atoms with Crippen LogP contribution in [0.2, 0.25) is 0 Å². The number of halogens is 1. The number of hydrogen-bond acceptors (Lipinski definition) is 9. The largest absolute Gasteiger partial charge is 0.508 e. The van der Waals surface area contributed by atoms with Crippen LogP contribution in [-0.2, 0) is 0 Å². The summed E-state index contributed by atoms with van der Waals surface area (Å²) in [5, 5.41) is 26.8. The molecule has 5 N–H and O–H groups in total. The molecular weight excluding hydrogens is 454 g/mol. The highest BCUT2D eigenvalue weighted by Crippen LogP contribution is 2.26. The van der Waals surface area contributed by atoms with Crippen LogP contribution in [0.15, 0.2) is 77.5 Å². The SMILES string of the molecule is COc1ccnc(C)c1.Nc1ccc(O)cc1O.Oc1ccc2nc(-c3ccnc([18F])c3)oc2c1. The van der Waals surface area contributed by atoms with E-state index in [1.54, 1.807) is 25.4 Å². The van der Waals surface area contributed by atoms with Crippen molar-refractivity contribution >= 4 is 16.8 Å². The summed E-state index contributed by atoms with van der Waals surface area (Å²) in [6.45, 7) is 1.93. The quantitative estimate of drug-likeness (QED) is 0.122. The molecule has 0 spiro atoms. The number of aryl methyl sites for hydroxylation is 1. The standard InChI is InChI=1S/C12H7FN2O2.C7H9NO.C6H7NO2/c13-11-5-7(3-4-14-11)12-15-9-2-1-8(16)6-10(9)17-12;1-6-5-7(9-2)3-4-8-6;7-5-2-1-4(8)3-6(5)9/h1-6,16H;3-5H,1-2H3;1-3,8-9H,7H2/i13-1;;. The number of nitrogens with two attached hydrogens (primary N) is 1. The number of fused-ring (bicyclic) bond motifs is 1. The number of rotatable bonds is 2. The Morgan fingerprint density at radius 3 is 2.23 bits per heavy atom. The maximum Gasteiger partial charge on any atom is 0.227 e. The van der Waals surface area contributed by atoms with Crippen molar-refractivity contribution in [3.8, 4) is 34.5 Å². The van der Waals surface area contributed by atoms with Crippen LogP contribution in [0.4, 0.5) is 10.1 Å². The van der Waals surface area contributed by atoms with Gasteiger partial charge in [0.1, 0.15) is 28.5 Å². The first kappa shape index (κ1) is 24.8. The van der Waals surface area contributed by atoms with E-state index >= 15 is 0 Å². The van der Waals surface area contributed by atoms with E-state index in [9.17, 15) is 9.50 Å². The highest BCUT2D eigenvalue weighted by atomic mass is 18.2. The molecule has 3 heterocycles. The third kappa shape index (κ3) is 7.06. The molecule has 35 heavy (non-hydrogen) atoms. The van der Waals surface area contributed by atoms with Gasteiger partial charge in [-0.3, -0.25) is 4.98 Å². The van der Waals surface area contributed by atoms with Gasteiger partial charge in [0.15, 0.2) is 5.58 Å². The van der Waals surface area contributed by atoms with Gasteiger partial charge in [0.25, 0.3) is 0 Å². The van der Waals surface area contributed by atoms with Crippen molar-refractivity contribution in [1.82, 2.24) is 15.0 Å². The Balaban J connectivity index is 0.000000162. The lowest BCUT2D eigenvalue weighted by atomic mass is 10.3. The average molecular weight is 477 g/mol. The summed E-state index contributed by atoms with van der Waals surface area (Å²) in [5.41, 5.74) is 8.05. The molecule has 5 rings (SSSR count). The molecule has 0 fully saturated rings. The normalized spacial score (nSPS) is 10.0. The van der Waals surface area contributed by atoms with Crippen LogP contribution < -0.4 is 10.5 Å². The van der Waals surface area contributed by atoms with E-state index in [4.69, 9.17) is 25.1 Å². The van der Waals surface area contributed by atoms with Gasteiger partial charge in [0.2, 0.25) is 11.8 Å². The molecule has 0 bridgehead atoms. The summed E-state index contributed by atoms with van der Waals surface area (Å²) in [6, 6.07) is 15.2. The lowest BCUT2D eigenvalue weighted by molar-refractivity contribution is 0.414. The Hall–Kier alpha value is -4.86. The molecule has 0 atom stereocenters. The minimum absolute atomic E-state index is 0.0155. The van der Waals surface area contributed by atoms with Crippen molar-refractivity contribution in [3.63, 3.8) is 0 Å². The molecule has 0 saturated carbocycles. The monoisotopic (exact) mass is 477 g/mol. The zero-order chi connectivity index (χ0) is 25.4. The molecule has 0 radical (unpaired) electrons. The number of hydrogen-bond donors (Lipinski definition) is 4. The molecular formula is C25H23FN4O5. The summed E-state index contributed by atoms with van der Waals surface area (Å²) < 4.78 is 23.3. The first-order valence-corrected chi connectivity index (χ1v) is 10.2. The molecule has 0 unspecified atom stereocenters. The summed E-state index contributed by atoms with van der Waals surface area (Å²) >= 11 is 0. The fourth-order valence-corrected chi connectivity index (χ4v) is 2.75. The van der Waals surface area contributed by atoms with Gasteiger partial charge in [-0.1, -0.05) is 0 Å². The molecule has 3 aromatic heterocycles. The van der Waals surface area contributed by atoms with Crippen LogP contribution in [0.25, 0.3) is 22.6 Å². The van der Waals surface area contributed by atoms with Crippen molar-refractivity contribution in [1.29, 1.82) is 0 Å². The van der Waals surface area contributed by atoms with Gasteiger partial charge in [-0.05, 0) is 43.3 Å². The van der Waals surface area contributed by atoms with Crippen molar-refractivity contribution in [3.05, 3.63) is 84.7 Å². The topological polar surface area (TPSA) is 148 Å². The van der Waals surface area contributed by atoms with Gasteiger partial charge >= 0.3 is 0 Å². The predicted molar refractivity (Wildman–Crippen MR) is 129 cm³/mol. The Bertz CT molecular complexity index is 1420. The first-order chi connectivity index (χ1) is 16.7. The smallest absolute Gasteiger partial charge is 0.227 e. The number of phenols is 3. The fraction of sp³-hybridized carbons (Fsp3) is 0.0800. The summed E-state index contributed by atoms with van der Waals surface area (Å²) in [4.78, 5) is 11.7. The third-order valence-electron chi connectivity index (χ3n) is 4.46. The molecule has 0 aliphatic carbocycles. The molecule has 0 saturated heterocycles. The molecule has 9 nitrogen and oxygen atoms in total. The Morgan fingerprint density at radius 2 is 1.60 bits per heavy atom. The van der Waals surface area contributed by atoms with Crippen LogP contribution in [0.5, 0.6) is 23.0 Å². The number of nitrogen functional groups attached to an aromatic ring is 1. The van der Waals surface area contributed by atoms with Crippen LogP contribution >= 0.6 is 0 Å². The number of methoxy groups -OCH3 is 1. The highest BCUT2D eigenvalue weighted by Gasteiger charge is 2.09. The zero-order valence-electron chi connectivity index (χ0n) is 18.9. The maximum absolute atomic E-state index is 13.0. The number of oxazole rings is 1. The van der Waals surface area contributed by atoms with Crippen molar-refractivity contribution in [2.75, 3.05) is 12.8 Å². The number of aromatic nitrogens is 3.